The molecule has 3 rings (SSSR count). The number of hydrogen-bond donors (Lipinski definition) is 1. The fourth-order valence-corrected chi connectivity index (χ4v) is 4.25. The zero-order chi connectivity index (χ0) is 15.5. The van der Waals surface area contributed by atoms with Crippen molar-refractivity contribution in [1.82, 2.24) is 0 Å². The van der Waals surface area contributed by atoms with E-state index in [2.05, 4.69) is 19.2 Å². The van der Waals surface area contributed by atoms with Crippen molar-refractivity contribution >= 4 is 17.4 Å². The summed E-state index contributed by atoms with van der Waals surface area (Å²) in [5, 5.41) is 3.03. The van der Waals surface area contributed by atoms with Gasteiger partial charge in [-0.2, -0.15) is 0 Å². The van der Waals surface area contributed by atoms with Crippen molar-refractivity contribution < 1.29 is 9.59 Å². The first kappa shape index (κ1) is 14.3. The molecular formula is C18H23NO2. The van der Waals surface area contributed by atoms with Gasteiger partial charge in [0.1, 0.15) is 5.78 Å². The van der Waals surface area contributed by atoms with Crippen LogP contribution in [0, 0.1) is 23.2 Å². The summed E-state index contributed by atoms with van der Waals surface area (Å²) in [4.78, 5) is 25.3. The van der Waals surface area contributed by atoms with Crippen molar-refractivity contribution in [3.63, 3.8) is 0 Å². The molecule has 2 fully saturated rings. The van der Waals surface area contributed by atoms with Gasteiger partial charge in [-0.05, 0) is 37.3 Å². The molecule has 0 unspecified atom stereocenters. The highest BCUT2D eigenvalue weighted by atomic mass is 16.2. The van der Waals surface area contributed by atoms with Crippen LogP contribution in [0.25, 0.3) is 0 Å². The molecule has 0 aliphatic heterocycles. The number of amides is 1. The predicted octanol–water partition coefficient (Wildman–Crippen LogP) is 3.72. The van der Waals surface area contributed by atoms with Crippen LogP contribution in [0.4, 0.5) is 5.69 Å². The molecule has 2 atom stereocenters. The molecule has 0 radical (unpaired) electrons. The number of carbonyl (C=O) groups excluding carboxylic acids is 2. The Balaban J connectivity index is 1.91. The van der Waals surface area contributed by atoms with Crippen LogP contribution in [0.1, 0.15) is 45.6 Å². The lowest BCUT2D eigenvalue weighted by Crippen LogP contribution is -2.43. The fraction of sp³-hybridized carbons (Fsp3) is 0.556. The quantitative estimate of drug-likeness (QED) is 0.900. The molecule has 0 heterocycles. The average molecular weight is 285 g/mol. The topological polar surface area (TPSA) is 46.2 Å². The summed E-state index contributed by atoms with van der Waals surface area (Å²) in [6.07, 6.45) is 2.01. The molecule has 0 spiro atoms. The van der Waals surface area contributed by atoms with Crippen LogP contribution in [0.5, 0.6) is 0 Å². The van der Waals surface area contributed by atoms with Crippen molar-refractivity contribution in [3.05, 3.63) is 29.8 Å². The number of aryl methyl sites for hydroxylation is 1. The molecule has 1 aromatic rings. The predicted molar refractivity (Wildman–Crippen MR) is 83.0 cm³/mol. The van der Waals surface area contributed by atoms with Gasteiger partial charge < -0.3 is 5.32 Å². The lowest BCUT2D eigenvalue weighted by Gasteiger charge is -2.38. The zero-order valence-corrected chi connectivity index (χ0v) is 13.2. The molecule has 1 amide bonds. The first-order valence-electron chi connectivity index (χ1n) is 7.64. The van der Waals surface area contributed by atoms with E-state index in [0.29, 0.717) is 6.42 Å². The van der Waals surface area contributed by atoms with Crippen LogP contribution in [0.2, 0.25) is 0 Å². The van der Waals surface area contributed by atoms with E-state index in [1.165, 1.54) is 0 Å². The lowest BCUT2D eigenvalue weighted by molar-refractivity contribution is -0.131. The van der Waals surface area contributed by atoms with Gasteiger partial charge in [-0.1, -0.05) is 38.5 Å². The summed E-state index contributed by atoms with van der Waals surface area (Å²) in [6, 6.07) is 7.80. The number of benzene rings is 1. The van der Waals surface area contributed by atoms with Crippen molar-refractivity contribution in [1.29, 1.82) is 0 Å². The first-order chi connectivity index (χ1) is 9.73. The summed E-state index contributed by atoms with van der Waals surface area (Å²) in [7, 11) is 0. The maximum absolute atomic E-state index is 12.9. The molecule has 0 aromatic heterocycles. The summed E-state index contributed by atoms with van der Waals surface area (Å²) in [6.45, 7) is 8.22. The van der Waals surface area contributed by atoms with Crippen molar-refractivity contribution in [2.24, 2.45) is 16.2 Å². The molecule has 1 N–H and O–H groups in total. The third-order valence-electron chi connectivity index (χ3n) is 6.45. The minimum Gasteiger partial charge on any atom is -0.326 e. The molecule has 1 aromatic carbocycles. The van der Waals surface area contributed by atoms with E-state index >= 15 is 0 Å². The lowest BCUT2D eigenvalue weighted by atomic mass is 9.64. The molecule has 3 nitrogen and oxygen atoms in total. The van der Waals surface area contributed by atoms with Crippen LogP contribution in [-0.2, 0) is 9.59 Å². The largest absolute Gasteiger partial charge is 0.326 e. The SMILES string of the molecule is Cc1ccc(NC(=O)[C@@]23CC[C@](C)(C(=O)C2)C3(C)C)cc1. The van der Waals surface area contributed by atoms with Crippen molar-refractivity contribution in [2.75, 3.05) is 5.32 Å². The van der Waals surface area contributed by atoms with Gasteiger partial charge in [-0.3, -0.25) is 9.59 Å². The van der Waals surface area contributed by atoms with Crippen LogP contribution in [0.3, 0.4) is 0 Å². The molecule has 3 heteroatoms. The number of fused-ring (bicyclic) bond motifs is 2. The van der Waals surface area contributed by atoms with Gasteiger partial charge in [0.25, 0.3) is 0 Å². The first-order valence-corrected chi connectivity index (χ1v) is 7.64. The summed E-state index contributed by atoms with van der Waals surface area (Å²) >= 11 is 0. The Morgan fingerprint density at radius 2 is 1.71 bits per heavy atom. The Bertz CT molecular complexity index is 617. The standard InChI is InChI=1S/C18H23NO2/c1-12-5-7-13(8-6-12)19-15(21)18-10-9-17(4,14(20)11-18)16(18,2)3/h5-8H,9-11H2,1-4H3,(H,19,21)/t17-,18-/m1/s1. The molecule has 21 heavy (non-hydrogen) atoms. The Kier molecular flexibility index (Phi) is 2.85. The van der Waals surface area contributed by atoms with Crippen molar-refractivity contribution in [3.8, 4) is 0 Å². The number of rotatable bonds is 2. The zero-order valence-electron chi connectivity index (χ0n) is 13.2. The second kappa shape index (κ2) is 4.19. The van der Waals surface area contributed by atoms with Crippen LogP contribution in [-0.4, -0.2) is 11.7 Å². The molecule has 2 aliphatic rings. The van der Waals surface area contributed by atoms with E-state index < -0.39 is 5.41 Å². The molecule has 112 valence electrons. The minimum absolute atomic E-state index is 0.00549. The highest BCUT2D eigenvalue weighted by Crippen LogP contribution is 2.70. The summed E-state index contributed by atoms with van der Waals surface area (Å²) < 4.78 is 0. The number of ketones is 1. The van der Waals surface area contributed by atoms with Crippen LogP contribution >= 0.6 is 0 Å². The molecule has 2 aliphatic carbocycles. The normalized spacial score (nSPS) is 33.2. The van der Waals surface area contributed by atoms with E-state index in [-0.39, 0.29) is 22.5 Å². The van der Waals surface area contributed by atoms with E-state index in [1.54, 1.807) is 0 Å². The maximum atomic E-state index is 12.9. The second-order valence-electron chi connectivity index (χ2n) is 7.46. The van der Waals surface area contributed by atoms with Gasteiger partial charge in [-0.25, -0.2) is 0 Å². The number of carbonyl (C=O) groups is 2. The van der Waals surface area contributed by atoms with E-state index in [9.17, 15) is 9.59 Å². The summed E-state index contributed by atoms with van der Waals surface area (Å²) in [5.41, 5.74) is 0.785. The smallest absolute Gasteiger partial charge is 0.231 e. The minimum atomic E-state index is -0.552. The average Bonchev–Trinajstić information content (AvgIpc) is 2.72. The van der Waals surface area contributed by atoms with E-state index in [0.717, 1.165) is 24.1 Å². The third-order valence-corrected chi connectivity index (χ3v) is 6.45. The van der Waals surface area contributed by atoms with Crippen LogP contribution in [0.15, 0.2) is 24.3 Å². The second-order valence-corrected chi connectivity index (χ2v) is 7.46. The maximum Gasteiger partial charge on any atom is 0.231 e. The van der Waals surface area contributed by atoms with Gasteiger partial charge in [0.05, 0.1) is 5.41 Å². The number of nitrogens with one attached hydrogen (secondary N) is 1. The Labute approximate surface area is 126 Å². The number of anilines is 1. The molecular weight excluding hydrogens is 262 g/mol. The number of hydrogen-bond acceptors (Lipinski definition) is 2. The molecule has 2 bridgehead atoms. The monoisotopic (exact) mass is 285 g/mol. The van der Waals surface area contributed by atoms with Crippen molar-refractivity contribution in [2.45, 2.75) is 47.0 Å². The van der Waals surface area contributed by atoms with Gasteiger partial charge in [0.15, 0.2) is 0 Å². The van der Waals surface area contributed by atoms with Gasteiger partial charge in [0.2, 0.25) is 5.91 Å². The van der Waals surface area contributed by atoms with Crippen LogP contribution < -0.4 is 5.32 Å². The number of Topliss-reactive ketones (excluding diaryl/α,β-unsaturated/α-hetero) is 1. The highest BCUT2D eigenvalue weighted by Gasteiger charge is 2.72. The molecule has 0 saturated heterocycles. The Hall–Kier alpha value is -1.64. The summed E-state index contributed by atoms with van der Waals surface area (Å²) in [5.74, 6) is 0.253. The van der Waals surface area contributed by atoms with Gasteiger partial charge >= 0.3 is 0 Å². The van der Waals surface area contributed by atoms with E-state index in [1.807, 2.05) is 38.1 Å². The fourth-order valence-electron chi connectivity index (χ4n) is 4.25. The van der Waals surface area contributed by atoms with Gasteiger partial charge in [-0.15, -0.1) is 0 Å². The highest BCUT2D eigenvalue weighted by molar-refractivity contribution is 6.04. The Morgan fingerprint density at radius 3 is 2.19 bits per heavy atom. The van der Waals surface area contributed by atoms with Gasteiger partial charge in [0, 0.05) is 17.5 Å². The molecule has 2 saturated carbocycles. The third kappa shape index (κ3) is 1.66. The Morgan fingerprint density at radius 1 is 1.10 bits per heavy atom. The van der Waals surface area contributed by atoms with E-state index in [4.69, 9.17) is 0 Å².